The smallest absolute Gasteiger partial charge is 0.120 e. The van der Waals surface area contributed by atoms with E-state index < -0.39 is 0 Å². The lowest BCUT2D eigenvalue weighted by atomic mass is 10.1. The number of rotatable bonds is 4. The van der Waals surface area contributed by atoms with E-state index in [9.17, 15) is 5.11 Å². The minimum Gasteiger partial charge on any atom is -0.508 e. The van der Waals surface area contributed by atoms with E-state index in [1.54, 1.807) is 24.3 Å². The van der Waals surface area contributed by atoms with Gasteiger partial charge in [-0.15, -0.1) is 0 Å². The van der Waals surface area contributed by atoms with Crippen LogP contribution in [-0.2, 0) is 13.2 Å². The van der Waals surface area contributed by atoms with Crippen LogP contribution in [0.3, 0.4) is 0 Å². The Labute approximate surface area is 124 Å². The molecule has 108 valence electrons. The Bertz CT molecular complexity index is 757. The highest BCUT2D eigenvalue weighted by molar-refractivity contribution is 5.84. The van der Waals surface area contributed by atoms with Crippen molar-refractivity contribution in [1.29, 1.82) is 0 Å². The van der Waals surface area contributed by atoms with E-state index in [0.29, 0.717) is 6.61 Å². The number of ether oxygens (including phenoxy) is 1. The predicted molar refractivity (Wildman–Crippen MR) is 84.8 cm³/mol. The first-order chi connectivity index (χ1) is 10.2. The van der Waals surface area contributed by atoms with E-state index >= 15 is 0 Å². The van der Waals surface area contributed by atoms with Gasteiger partial charge in [-0.05, 0) is 50.2 Å². The van der Waals surface area contributed by atoms with Crippen LogP contribution in [0.5, 0.6) is 11.5 Å². The van der Waals surface area contributed by atoms with Gasteiger partial charge in [0.1, 0.15) is 18.1 Å². The largest absolute Gasteiger partial charge is 0.508 e. The van der Waals surface area contributed by atoms with Crippen molar-refractivity contribution in [3.05, 3.63) is 59.8 Å². The van der Waals surface area contributed by atoms with Gasteiger partial charge in [-0.3, -0.25) is 0 Å². The van der Waals surface area contributed by atoms with Crippen molar-refractivity contribution in [2.75, 3.05) is 0 Å². The Hall–Kier alpha value is -2.42. The molecule has 3 nitrogen and oxygen atoms in total. The summed E-state index contributed by atoms with van der Waals surface area (Å²) in [5, 5.41) is 10.5. The minimum atomic E-state index is 0.251. The van der Waals surface area contributed by atoms with Crippen LogP contribution < -0.4 is 4.74 Å². The molecule has 0 aliphatic heterocycles. The van der Waals surface area contributed by atoms with Gasteiger partial charge in [-0.1, -0.05) is 11.6 Å². The number of phenols is 1. The molecule has 0 aliphatic carbocycles. The number of fused-ring (bicyclic) bond motifs is 1. The van der Waals surface area contributed by atoms with Crippen molar-refractivity contribution in [1.82, 2.24) is 4.57 Å². The number of aromatic hydroxyl groups is 1. The normalized spacial score (nSPS) is 11.0. The molecular formula is C18H19NO2. The standard InChI is InChI=1S/C18H19NO2/c1-3-19-11-14(17-10-13(2)4-9-18(17)19)12-21-16-7-5-15(20)6-8-16/h4-11,20H,3,12H2,1-2H3. The first-order valence-corrected chi connectivity index (χ1v) is 7.17. The second-order valence-corrected chi connectivity index (χ2v) is 5.24. The number of aromatic nitrogens is 1. The van der Waals surface area contributed by atoms with E-state index in [4.69, 9.17) is 4.74 Å². The number of benzene rings is 2. The van der Waals surface area contributed by atoms with Crippen LogP contribution in [-0.4, -0.2) is 9.67 Å². The van der Waals surface area contributed by atoms with E-state index in [1.807, 2.05) is 0 Å². The van der Waals surface area contributed by atoms with Crippen LogP contribution in [0.2, 0.25) is 0 Å². The van der Waals surface area contributed by atoms with Crippen LogP contribution in [0.25, 0.3) is 10.9 Å². The summed E-state index contributed by atoms with van der Waals surface area (Å²) < 4.78 is 8.07. The van der Waals surface area contributed by atoms with Gasteiger partial charge in [0, 0.05) is 29.2 Å². The fraction of sp³-hybridized carbons (Fsp3) is 0.222. The summed E-state index contributed by atoms with van der Waals surface area (Å²) in [6, 6.07) is 13.3. The van der Waals surface area contributed by atoms with Gasteiger partial charge >= 0.3 is 0 Å². The zero-order valence-corrected chi connectivity index (χ0v) is 12.3. The maximum Gasteiger partial charge on any atom is 0.120 e. The van der Waals surface area contributed by atoms with E-state index in [0.717, 1.165) is 12.3 Å². The zero-order chi connectivity index (χ0) is 14.8. The lowest BCUT2D eigenvalue weighted by Gasteiger charge is -2.05. The Kier molecular flexibility index (Phi) is 3.57. The van der Waals surface area contributed by atoms with E-state index in [-0.39, 0.29) is 5.75 Å². The molecule has 0 fully saturated rings. The predicted octanol–water partition coefficient (Wildman–Crippen LogP) is 4.25. The van der Waals surface area contributed by atoms with Crippen molar-refractivity contribution in [3.8, 4) is 11.5 Å². The molecule has 1 N–H and O–H groups in total. The fourth-order valence-corrected chi connectivity index (χ4v) is 2.56. The molecule has 21 heavy (non-hydrogen) atoms. The molecule has 0 unspecified atom stereocenters. The molecule has 0 saturated heterocycles. The van der Waals surface area contributed by atoms with E-state index in [1.165, 1.54) is 22.0 Å². The Morgan fingerprint density at radius 3 is 2.57 bits per heavy atom. The molecule has 0 spiro atoms. The number of aryl methyl sites for hydroxylation is 2. The number of nitrogens with zero attached hydrogens (tertiary/aromatic N) is 1. The summed E-state index contributed by atoms with van der Waals surface area (Å²) in [7, 11) is 0. The van der Waals surface area contributed by atoms with Gasteiger partial charge < -0.3 is 14.4 Å². The molecule has 0 radical (unpaired) electrons. The summed E-state index contributed by atoms with van der Waals surface area (Å²) in [5.41, 5.74) is 3.68. The van der Waals surface area contributed by atoms with Crippen LogP contribution in [0.1, 0.15) is 18.1 Å². The van der Waals surface area contributed by atoms with Crippen molar-refractivity contribution in [2.24, 2.45) is 0 Å². The van der Waals surface area contributed by atoms with Crippen molar-refractivity contribution in [2.45, 2.75) is 27.0 Å². The first kappa shape index (κ1) is 13.6. The molecule has 0 bridgehead atoms. The zero-order valence-electron chi connectivity index (χ0n) is 12.3. The van der Waals surface area contributed by atoms with Crippen LogP contribution in [0, 0.1) is 6.92 Å². The molecule has 1 aromatic heterocycles. The Morgan fingerprint density at radius 2 is 1.86 bits per heavy atom. The highest BCUT2D eigenvalue weighted by atomic mass is 16.5. The quantitative estimate of drug-likeness (QED) is 0.775. The molecule has 0 atom stereocenters. The second-order valence-electron chi connectivity index (χ2n) is 5.24. The summed E-state index contributed by atoms with van der Waals surface area (Å²) in [6.45, 7) is 5.72. The summed E-state index contributed by atoms with van der Waals surface area (Å²) in [5.74, 6) is 1.01. The molecule has 3 rings (SSSR count). The molecule has 0 saturated carbocycles. The van der Waals surface area contributed by atoms with Crippen LogP contribution >= 0.6 is 0 Å². The Balaban J connectivity index is 1.89. The van der Waals surface area contributed by atoms with E-state index in [2.05, 4.69) is 42.8 Å². The maximum absolute atomic E-state index is 9.29. The van der Waals surface area contributed by atoms with Gasteiger partial charge in [-0.25, -0.2) is 0 Å². The molecule has 0 amide bonds. The lowest BCUT2D eigenvalue weighted by Crippen LogP contribution is -1.94. The van der Waals surface area contributed by atoms with Crippen LogP contribution in [0.15, 0.2) is 48.7 Å². The molecule has 3 aromatic rings. The highest BCUT2D eigenvalue weighted by Crippen LogP contribution is 2.25. The van der Waals surface area contributed by atoms with Crippen molar-refractivity contribution < 1.29 is 9.84 Å². The maximum atomic E-state index is 9.29. The number of hydrogen-bond acceptors (Lipinski definition) is 2. The van der Waals surface area contributed by atoms with Crippen molar-refractivity contribution >= 4 is 10.9 Å². The SMILES string of the molecule is CCn1cc(COc2ccc(O)cc2)c2cc(C)ccc21. The summed E-state index contributed by atoms with van der Waals surface area (Å²) in [4.78, 5) is 0. The lowest BCUT2D eigenvalue weighted by molar-refractivity contribution is 0.307. The fourth-order valence-electron chi connectivity index (χ4n) is 2.56. The topological polar surface area (TPSA) is 34.4 Å². The first-order valence-electron chi connectivity index (χ1n) is 7.17. The monoisotopic (exact) mass is 281 g/mol. The third-order valence-corrected chi connectivity index (χ3v) is 3.69. The van der Waals surface area contributed by atoms with Gasteiger partial charge in [0.25, 0.3) is 0 Å². The summed E-state index contributed by atoms with van der Waals surface area (Å²) >= 11 is 0. The van der Waals surface area contributed by atoms with Gasteiger partial charge in [0.05, 0.1) is 0 Å². The third kappa shape index (κ3) is 2.72. The average Bonchev–Trinajstić information content (AvgIpc) is 2.84. The number of phenolic OH excluding ortho intramolecular Hbond substituents is 1. The highest BCUT2D eigenvalue weighted by Gasteiger charge is 2.08. The summed E-state index contributed by atoms with van der Waals surface area (Å²) in [6.07, 6.45) is 2.16. The molecule has 0 aliphatic rings. The Morgan fingerprint density at radius 1 is 1.10 bits per heavy atom. The van der Waals surface area contributed by atoms with Crippen LogP contribution in [0.4, 0.5) is 0 Å². The molecular weight excluding hydrogens is 262 g/mol. The number of hydrogen-bond donors (Lipinski definition) is 1. The van der Waals surface area contributed by atoms with Gasteiger partial charge in [0.2, 0.25) is 0 Å². The minimum absolute atomic E-state index is 0.251. The van der Waals surface area contributed by atoms with Gasteiger partial charge in [0.15, 0.2) is 0 Å². The average molecular weight is 281 g/mol. The molecule has 1 heterocycles. The third-order valence-electron chi connectivity index (χ3n) is 3.69. The van der Waals surface area contributed by atoms with Crippen molar-refractivity contribution in [3.63, 3.8) is 0 Å². The second kappa shape index (κ2) is 5.52. The molecule has 2 aromatic carbocycles. The van der Waals surface area contributed by atoms with Gasteiger partial charge in [-0.2, -0.15) is 0 Å². The molecule has 3 heteroatoms.